The topological polar surface area (TPSA) is 41.8 Å². The highest BCUT2D eigenvalue weighted by atomic mass is 16.1. The number of Topliss-reactive ketones (excluding diaryl/α,β-unsaturated/α-hetero) is 1. The highest BCUT2D eigenvalue weighted by Gasteiger charge is 2.25. The number of hydrogen-bond donors (Lipinski definition) is 0. The summed E-state index contributed by atoms with van der Waals surface area (Å²) >= 11 is 0. The lowest BCUT2D eigenvalue weighted by atomic mass is 10.0. The minimum atomic E-state index is -0.00815. The number of fused-ring (bicyclic) bond motifs is 3. The van der Waals surface area contributed by atoms with Gasteiger partial charge in [-0.3, -0.25) is 9.79 Å². The Morgan fingerprint density at radius 1 is 1.20 bits per heavy atom. The molecule has 3 nitrogen and oxygen atoms in total. The summed E-state index contributed by atoms with van der Waals surface area (Å²) in [5.41, 5.74) is 3.35. The molecule has 2 heterocycles. The number of carbonyl (C=O) groups excluding carboxylic acids is 1. The summed E-state index contributed by atoms with van der Waals surface area (Å²) in [6.45, 7) is 0.201. The van der Waals surface area contributed by atoms with E-state index in [9.17, 15) is 4.79 Å². The van der Waals surface area contributed by atoms with Crippen molar-refractivity contribution < 1.29 is 4.79 Å². The molecule has 0 amide bonds. The molecule has 0 spiro atoms. The van der Waals surface area contributed by atoms with Crippen LogP contribution in [0.15, 0.2) is 40.3 Å². The highest BCUT2D eigenvalue weighted by molar-refractivity contribution is 6.60. The third-order valence-corrected chi connectivity index (χ3v) is 2.53. The minimum Gasteiger partial charge on any atom is -0.290 e. The maximum atomic E-state index is 11.7. The van der Waals surface area contributed by atoms with Crippen LogP contribution in [0.5, 0.6) is 0 Å². The summed E-state index contributed by atoms with van der Waals surface area (Å²) in [5.74, 6) is -0.00815. The third-order valence-electron chi connectivity index (χ3n) is 2.53. The standard InChI is InChI=1S/C12H8N2O/c15-11-7-13-6-5-9-8-3-1-2-4-10(8)14-12(9)11/h1-6H,7H2. The van der Waals surface area contributed by atoms with Crippen LogP contribution < -0.4 is 0 Å². The molecule has 2 aliphatic rings. The first-order valence-corrected chi connectivity index (χ1v) is 4.78. The first-order valence-electron chi connectivity index (χ1n) is 4.78. The van der Waals surface area contributed by atoms with E-state index in [0.717, 1.165) is 16.8 Å². The lowest BCUT2D eigenvalue weighted by molar-refractivity contribution is -0.111. The Kier molecular flexibility index (Phi) is 1.65. The Balaban J connectivity index is 2.25. The van der Waals surface area contributed by atoms with Crippen molar-refractivity contribution in [2.45, 2.75) is 0 Å². The van der Waals surface area contributed by atoms with Gasteiger partial charge in [0.1, 0.15) is 12.3 Å². The van der Waals surface area contributed by atoms with Gasteiger partial charge < -0.3 is 0 Å². The number of aliphatic imine (C=N–C) groups is 2. The van der Waals surface area contributed by atoms with Crippen molar-refractivity contribution in [1.82, 2.24) is 0 Å². The van der Waals surface area contributed by atoms with Crippen LogP contribution >= 0.6 is 0 Å². The molecule has 15 heavy (non-hydrogen) atoms. The zero-order chi connectivity index (χ0) is 10.3. The molecule has 0 atom stereocenters. The number of ketones is 1. The lowest BCUT2D eigenvalue weighted by Crippen LogP contribution is -2.14. The van der Waals surface area contributed by atoms with Crippen LogP contribution in [-0.2, 0) is 4.79 Å². The Morgan fingerprint density at radius 2 is 2.07 bits per heavy atom. The van der Waals surface area contributed by atoms with Gasteiger partial charge in [-0.15, -0.1) is 0 Å². The van der Waals surface area contributed by atoms with Gasteiger partial charge in [-0.05, 0) is 12.1 Å². The van der Waals surface area contributed by atoms with E-state index in [1.165, 1.54) is 0 Å². The van der Waals surface area contributed by atoms with Crippen molar-refractivity contribution in [2.24, 2.45) is 9.98 Å². The fourth-order valence-corrected chi connectivity index (χ4v) is 1.83. The van der Waals surface area contributed by atoms with E-state index in [1.54, 1.807) is 6.21 Å². The number of para-hydroxylation sites is 1. The molecule has 72 valence electrons. The van der Waals surface area contributed by atoms with Crippen LogP contribution in [0, 0.1) is 0 Å². The van der Waals surface area contributed by atoms with Gasteiger partial charge in [0.05, 0.1) is 5.69 Å². The second-order valence-corrected chi connectivity index (χ2v) is 3.47. The molecule has 1 aromatic carbocycles. The van der Waals surface area contributed by atoms with E-state index in [0.29, 0.717) is 5.71 Å². The molecule has 0 saturated carbocycles. The van der Waals surface area contributed by atoms with Crippen LogP contribution in [0.25, 0.3) is 5.57 Å². The molecule has 0 saturated heterocycles. The second kappa shape index (κ2) is 2.98. The number of nitrogens with zero attached hydrogens (tertiary/aromatic N) is 2. The SMILES string of the molecule is O=C1CN=CC=C2C1=Nc1ccccc12. The quantitative estimate of drug-likeness (QED) is 0.624. The van der Waals surface area contributed by atoms with E-state index >= 15 is 0 Å². The maximum Gasteiger partial charge on any atom is 0.203 e. The van der Waals surface area contributed by atoms with E-state index in [1.807, 2.05) is 30.3 Å². The molecule has 0 aliphatic carbocycles. The molecule has 3 heteroatoms. The summed E-state index contributed by atoms with van der Waals surface area (Å²) in [6.07, 6.45) is 3.54. The number of benzene rings is 1. The zero-order valence-corrected chi connectivity index (χ0v) is 7.97. The molecule has 0 unspecified atom stereocenters. The molecule has 0 N–H and O–H groups in total. The van der Waals surface area contributed by atoms with Crippen LogP contribution in [0.3, 0.4) is 0 Å². The van der Waals surface area contributed by atoms with Gasteiger partial charge >= 0.3 is 0 Å². The Bertz CT molecular complexity index is 538. The van der Waals surface area contributed by atoms with Crippen molar-refractivity contribution in [2.75, 3.05) is 6.54 Å². The molecule has 0 fully saturated rings. The summed E-state index contributed by atoms with van der Waals surface area (Å²) < 4.78 is 0. The number of carbonyl (C=O) groups is 1. The number of hydrogen-bond acceptors (Lipinski definition) is 3. The van der Waals surface area contributed by atoms with Crippen molar-refractivity contribution in [3.05, 3.63) is 35.9 Å². The summed E-state index contributed by atoms with van der Waals surface area (Å²) in [7, 11) is 0. The van der Waals surface area contributed by atoms with E-state index in [2.05, 4.69) is 9.98 Å². The van der Waals surface area contributed by atoms with Gasteiger partial charge in [0.2, 0.25) is 5.78 Å². The fraction of sp³-hybridized carbons (Fsp3) is 0.0833. The number of allylic oxidation sites excluding steroid dienone is 2. The highest BCUT2D eigenvalue weighted by Crippen LogP contribution is 2.34. The summed E-state index contributed by atoms with van der Waals surface area (Å²) in [4.78, 5) is 20.0. The van der Waals surface area contributed by atoms with Crippen LogP contribution in [0.4, 0.5) is 5.69 Å². The van der Waals surface area contributed by atoms with E-state index in [4.69, 9.17) is 0 Å². The predicted molar refractivity (Wildman–Crippen MR) is 59.9 cm³/mol. The van der Waals surface area contributed by atoms with E-state index in [-0.39, 0.29) is 12.3 Å². The largest absolute Gasteiger partial charge is 0.290 e. The van der Waals surface area contributed by atoms with Crippen molar-refractivity contribution in [3.63, 3.8) is 0 Å². The Hall–Kier alpha value is -2.03. The molecule has 0 radical (unpaired) electrons. The van der Waals surface area contributed by atoms with Gasteiger partial charge in [-0.2, -0.15) is 0 Å². The number of rotatable bonds is 0. The van der Waals surface area contributed by atoms with Gasteiger partial charge in [0, 0.05) is 17.4 Å². The lowest BCUT2D eigenvalue weighted by Gasteiger charge is -1.98. The molecular weight excluding hydrogens is 188 g/mol. The first-order chi connectivity index (χ1) is 7.36. The first kappa shape index (κ1) is 8.29. The molecule has 0 aromatic heterocycles. The van der Waals surface area contributed by atoms with Crippen molar-refractivity contribution in [3.8, 4) is 0 Å². The fourth-order valence-electron chi connectivity index (χ4n) is 1.83. The average Bonchev–Trinajstić information content (AvgIpc) is 2.54. The van der Waals surface area contributed by atoms with Gasteiger partial charge in [-0.25, -0.2) is 4.99 Å². The predicted octanol–water partition coefficient (Wildman–Crippen LogP) is 1.81. The average molecular weight is 196 g/mol. The molecule has 2 aliphatic heterocycles. The summed E-state index contributed by atoms with van der Waals surface area (Å²) in [5, 5.41) is 0. The minimum absolute atomic E-state index is 0.00815. The molecular formula is C12H8N2O. The maximum absolute atomic E-state index is 11.7. The molecule has 0 bridgehead atoms. The molecule has 3 rings (SSSR count). The van der Waals surface area contributed by atoms with E-state index < -0.39 is 0 Å². The van der Waals surface area contributed by atoms with Gasteiger partial charge in [0.25, 0.3) is 0 Å². The van der Waals surface area contributed by atoms with Gasteiger partial charge in [-0.1, -0.05) is 18.2 Å². The van der Waals surface area contributed by atoms with Crippen molar-refractivity contribution in [1.29, 1.82) is 0 Å². The van der Waals surface area contributed by atoms with Crippen LogP contribution in [-0.4, -0.2) is 24.3 Å². The normalized spacial score (nSPS) is 17.7. The monoisotopic (exact) mass is 196 g/mol. The Labute approximate surface area is 86.9 Å². The van der Waals surface area contributed by atoms with Crippen LogP contribution in [0.1, 0.15) is 5.56 Å². The smallest absolute Gasteiger partial charge is 0.203 e. The summed E-state index contributed by atoms with van der Waals surface area (Å²) in [6, 6.07) is 7.77. The van der Waals surface area contributed by atoms with Crippen LogP contribution in [0.2, 0.25) is 0 Å². The Morgan fingerprint density at radius 3 is 3.00 bits per heavy atom. The second-order valence-electron chi connectivity index (χ2n) is 3.47. The van der Waals surface area contributed by atoms with Crippen molar-refractivity contribution >= 4 is 29.0 Å². The molecule has 1 aromatic rings. The third kappa shape index (κ3) is 1.16. The van der Waals surface area contributed by atoms with Gasteiger partial charge in [0.15, 0.2) is 0 Å². The zero-order valence-electron chi connectivity index (χ0n) is 7.97.